The molecule has 0 spiro atoms. The van der Waals surface area contributed by atoms with Gasteiger partial charge in [-0.2, -0.15) is 0 Å². The van der Waals surface area contributed by atoms with Crippen LogP contribution in [0.4, 0.5) is 0 Å². The van der Waals surface area contributed by atoms with Gasteiger partial charge < -0.3 is 1.43 Å². The van der Waals surface area contributed by atoms with Crippen molar-refractivity contribution in [3.63, 3.8) is 0 Å². The zero-order valence-corrected chi connectivity index (χ0v) is 7.45. The van der Waals surface area contributed by atoms with Gasteiger partial charge in [0, 0.05) is 50.3 Å². The van der Waals surface area contributed by atoms with Crippen molar-refractivity contribution in [3.8, 4) is 0 Å². The van der Waals surface area contributed by atoms with Gasteiger partial charge in [-0.3, -0.25) is 0 Å². The Hall–Kier alpha value is 2.45. The molecule has 0 bridgehead atoms. The summed E-state index contributed by atoms with van der Waals surface area (Å²) in [4.78, 5) is 0. The van der Waals surface area contributed by atoms with Gasteiger partial charge in [0.25, 0.3) is 0 Å². The zero-order chi connectivity index (χ0) is 2.00. The summed E-state index contributed by atoms with van der Waals surface area (Å²) in [5, 5.41) is 0. The van der Waals surface area contributed by atoms with Crippen LogP contribution in [0.5, 0.6) is 0 Å². The second kappa shape index (κ2) is 51.6. The Balaban J connectivity index is -0.000000000500. The molecule has 0 aliphatic heterocycles. The topological polar surface area (TPSA) is 17.1 Å². The molecular weight excluding hydrogens is 231 g/mol. The van der Waals surface area contributed by atoms with Gasteiger partial charge in [0.15, 0.2) is 0 Å². The molecule has 0 aromatic rings. The van der Waals surface area contributed by atoms with E-state index in [9.17, 15) is 0 Å². The van der Waals surface area contributed by atoms with Crippen molar-refractivity contribution in [2.45, 2.75) is 0 Å². The summed E-state index contributed by atoms with van der Waals surface area (Å²) >= 11 is 0.611. The molecule has 0 aliphatic carbocycles. The van der Waals surface area contributed by atoms with Crippen LogP contribution in [0.15, 0.2) is 0 Å². The molecule has 0 saturated carbocycles. The summed E-state index contributed by atoms with van der Waals surface area (Å²) in [7, 11) is 0. The Kier molecular flexibility index (Phi) is 339. The third-order valence-corrected chi connectivity index (χ3v) is 0. The average Bonchev–Trinajstić information content (AvgIpc) is 1.00. The molecule has 0 aliphatic rings. The van der Waals surface area contributed by atoms with Gasteiger partial charge in [-0.05, 0) is 0 Å². The van der Waals surface area contributed by atoms with Gasteiger partial charge in [0.2, 0.25) is 0 Å². The molecule has 0 unspecified atom stereocenters. The van der Waals surface area contributed by atoms with Crippen molar-refractivity contribution in [1.29, 1.82) is 0 Å². The van der Waals surface area contributed by atoms with Crippen molar-refractivity contribution in [2.75, 3.05) is 0 Å². The van der Waals surface area contributed by atoms with Crippen LogP contribution in [0.2, 0.25) is 0 Å². The summed E-state index contributed by atoms with van der Waals surface area (Å²) < 4.78 is 8.28. The second-order valence-electron chi connectivity index (χ2n) is 0. The molecule has 6 heteroatoms. The first-order valence-corrected chi connectivity index (χ1v) is 0.866. The van der Waals surface area contributed by atoms with Crippen LogP contribution in [0.25, 0.3) is 0 Å². The average molecular weight is 233 g/mol. The van der Waals surface area contributed by atoms with Gasteiger partial charge in [0.05, 0.1) is 0 Å². The van der Waals surface area contributed by atoms with Crippen LogP contribution in [-0.2, 0) is 54.1 Å². The number of rotatable bonds is 0. The van der Waals surface area contributed by atoms with Crippen molar-refractivity contribution in [3.05, 3.63) is 0 Å². The number of hydrogen-bond acceptors (Lipinski definition) is 1. The third kappa shape index (κ3) is 31.9. The number of hydrogen-bond donors (Lipinski definition) is 0. The SMILES string of the molecule is [Co].[Cu].[H-].[Li+].[Ni].[O]=[AlH]. The molecule has 2 radical (unpaired) electrons. The molecule has 0 saturated heterocycles. The fraction of sp³-hybridized carbons (Fsp3) is 0. The van der Waals surface area contributed by atoms with E-state index in [1.807, 2.05) is 0 Å². The molecule has 0 N–H and O–H groups in total. The summed E-state index contributed by atoms with van der Waals surface area (Å²) in [5.41, 5.74) is 0. The van der Waals surface area contributed by atoms with E-state index >= 15 is 0 Å². The predicted octanol–water partition coefficient (Wildman–Crippen LogP) is -3.66. The Bertz CT molecular complexity index is 19.7. The minimum atomic E-state index is 0. The van der Waals surface area contributed by atoms with Crippen molar-refractivity contribution < 1.29 is 74.4 Å². The standard InChI is InChI=1S/Al.Co.Cu.Li.Ni.O.2H/q;;;+1;;;;-1. The van der Waals surface area contributed by atoms with E-state index in [0.717, 1.165) is 0 Å². The third-order valence-electron chi connectivity index (χ3n) is 0. The molecule has 0 aromatic heterocycles. The fourth-order valence-electron chi connectivity index (χ4n) is 0. The molecule has 0 amide bonds. The minimum absolute atomic E-state index is 0. The maximum absolute atomic E-state index is 8.28. The molecule has 42 valence electrons. The van der Waals surface area contributed by atoms with Crippen LogP contribution >= 0.6 is 0 Å². The fourth-order valence-corrected chi connectivity index (χ4v) is 0. The first-order chi connectivity index (χ1) is 1.00. The Morgan fingerprint density at radius 1 is 1.33 bits per heavy atom. The summed E-state index contributed by atoms with van der Waals surface area (Å²) in [5.74, 6) is 0. The van der Waals surface area contributed by atoms with Crippen molar-refractivity contribution in [2.24, 2.45) is 0 Å². The van der Waals surface area contributed by atoms with Crippen LogP contribution < -0.4 is 18.9 Å². The molecule has 0 heterocycles. The van der Waals surface area contributed by atoms with Gasteiger partial charge in [0.1, 0.15) is 0 Å². The Labute approximate surface area is 89.7 Å². The molecule has 0 aromatic carbocycles. The van der Waals surface area contributed by atoms with Gasteiger partial charge in [-0.25, -0.2) is 0 Å². The van der Waals surface area contributed by atoms with E-state index in [1.165, 1.54) is 0 Å². The second-order valence-corrected chi connectivity index (χ2v) is 0. The van der Waals surface area contributed by atoms with Crippen LogP contribution in [0, 0.1) is 0 Å². The quantitative estimate of drug-likeness (QED) is 0.394. The molecule has 1 nitrogen and oxygen atoms in total. The van der Waals surface area contributed by atoms with E-state index < -0.39 is 0 Å². The van der Waals surface area contributed by atoms with Gasteiger partial charge in [-0.1, -0.05) is 0 Å². The van der Waals surface area contributed by atoms with Crippen LogP contribution in [-0.4, -0.2) is 16.2 Å². The van der Waals surface area contributed by atoms with Crippen LogP contribution in [0.3, 0.4) is 0 Å². The Morgan fingerprint density at radius 2 is 1.33 bits per heavy atom. The van der Waals surface area contributed by atoms with Crippen LogP contribution in [0.1, 0.15) is 1.43 Å². The normalized spacial score (nSPS) is 0.500. The van der Waals surface area contributed by atoms with E-state index in [4.69, 9.17) is 3.80 Å². The Morgan fingerprint density at radius 3 is 1.33 bits per heavy atom. The molecule has 0 atom stereocenters. The van der Waals surface area contributed by atoms with E-state index in [0.29, 0.717) is 16.2 Å². The molecular formula is H2AlCoCuLiNiO. The van der Waals surface area contributed by atoms with E-state index in [-0.39, 0.29) is 70.6 Å². The zero-order valence-electron chi connectivity index (χ0n) is 4.07. The molecule has 6 heavy (non-hydrogen) atoms. The predicted molar refractivity (Wildman–Crippen MR) is 8.95 cm³/mol. The molecule has 0 rings (SSSR count). The first-order valence-electron chi connectivity index (χ1n) is 0.289. The van der Waals surface area contributed by atoms with E-state index in [1.54, 1.807) is 0 Å². The molecule has 0 fully saturated rings. The monoisotopic (exact) mass is 232 g/mol. The van der Waals surface area contributed by atoms with Crippen molar-refractivity contribution >= 4 is 16.2 Å². The summed E-state index contributed by atoms with van der Waals surface area (Å²) in [6, 6.07) is 0. The first kappa shape index (κ1) is 39.4. The van der Waals surface area contributed by atoms with Gasteiger partial charge >= 0.3 is 38.9 Å². The van der Waals surface area contributed by atoms with E-state index in [2.05, 4.69) is 0 Å². The summed E-state index contributed by atoms with van der Waals surface area (Å²) in [6.45, 7) is 0. The van der Waals surface area contributed by atoms with Crippen molar-refractivity contribution in [1.82, 2.24) is 0 Å². The van der Waals surface area contributed by atoms with Gasteiger partial charge in [-0.15, -0.1) is 0 Å². The maximum atomic E-state index is 8.28. The summed E-state index contributed by atoms with van der Waals surface area (Å²) in [6.07, 6.45) is 0.